The van der Waals surface area contributed by atoms with Gasteiger partial charge in [-0.05, 0) is 49.4 Å². The van der Waals surface area contributed by atoms with Gasteiger partial charge in [0.25, 0.3) is 0 Å². The van der Waals surface area contributed by atoms with Crippen molar-refractivity contribution in [2.24, 2.45) is 0 Å². The van der Waals surface area contributed by atoms with Crippen molar-refractivity contribution in [2.75, 3.05) is 7.05 Å². The second-order valence-electron chi connectivity index (χ2n) is 4.91. The van der Waals surface area contributed by atoms with E-state index in [1.54, 1.807) is 6.07 Å². The lowest BCUT2D eigenvalue weighted by Crippen LogP contribution is -2.26. The van der Waals surface area contributed by atoms with Gasteiger partial charge in [0.1, 0.15) is 5.82 Å². The first-order valence-corrected chi connectivity index (χ1v) is 6.06. The van der Waals surface area contributed by atoms with Crippen LogP contribution in [0.1, 0.15) is 31.7 Å². The fourth-order valence-corrected chi connectivity index (χ4v) is 2.87. The van der Waals surface area contributed by atoms with Crippen molar-refractivity contribution in [1.29, 1.82) is 0 Å². The lowest BCUT2D eigenvalue weighted by Gasteiger charge is -2.25. The van der Waals surface area contributed by atoms with E-state index < -0.39 is 0 Å². The quantitative estimate of drug-likeness (QED) is 0.836. The van der Waals surface area contributed by atoms with Gasteiger partial charge in [0, 0.05) is 11.1 Å². The van der Waals surface area contributed by atoms with Crippen molar-refractivity contribution >= 4 is 11.6 Å². The molecule has 2 rings (SSSR count). The van der Waals surface area contributed by atoms with Crippen LogP contribution in [-0.2, 0) is 5.41 Å². The van der Waals surface area contributed by atoms with Crippen LogP contribution < -0.4 is 5.32 Å². The monoisotopic (exact) mass is 241 g/mol. The number of rotatable bonds is 2. The summed E-state index contributed by atoms with van der Waals surface area (Å²) in [4.78, 5) is 0. The highest BCUT2D eigenvalue weighted by molar-refractivity contribution is 6.30. The van der Waals surface area contributed by atoms with Crippen molar-refractivity contribution in [3.63, 3.8) is 0 Å². The van der Waals surface area contributed by atoms with E-state index in [4.69, 9.17) is 11.6 Å². The minimum atomic E-state index is -0.174. The van der Waals surface area contributed by atoms with E-state index in [-0.39, 0.29) is 11.2 Å². The van der Waals surface area contributed by atoms with Crippen LogP contribution in [0.25, 0.3) is 0 Å². The number of hydrogen-bond acceptors (Lipinski definition) is 1. The number of halogens is 2. The first-order chi connectivity index (χ1) is 7.55. The summed E-state index contributed by atoms with van der Waals surface area (Å²) in [6, 6.07) is 5.52. The zero-order valence-electron chi connectivity index (χ0n) is 9.69. The predicted molar refractivity (Wildman–Crippen MR) is 65.5 cm³/mol. The van der Waals surface area contributed by atoms with Crippen LogP contribution in [0.2, 0.25) is 5.02 Å². The van der Waals surface area contributed by atoms with E-state index >= 15 is 0 Å². The number of benzene rings is 1. The largest absolute Gasteiger partial charge is 0.317 e. The van der Waals surface area contributed by atoms with E-state index in [9.17, 15) is 4.39 Å². The van der Waals surface area contributed by atoms with Gasteiger partial charge in [0.2, 0.25) is 0 Å². The smallest absolute Gasteiger partial charge is 0.128 e. The van der Waals surface area contributed by atoms with Gasteiger partial charge in [0.05, 0.1) is 0 Å². The SMILES string of the molecule is CNC1CCC(C)(c2ccc(Cl)cc2F)C1. The summed E-state index contributed by atoms with van der Waals surface area (Å²) < 4.78 is 13.9. The van der Waals surface area contributed by atoms with Crippen molar-refractivity contribution in [2.45, 2.75) is 37.6 Å². The van der Waals surface area contributed by atoms with Gasteiger partial charge in [0.15, 0.2) is 0 Å². The van der Waals surface area contributed by atoms with E-state index in [0.29, 0.717) is 11.1 Å². The van der Waals surface area contributed by atoms with E-state index in [1.807, 2.05) is 13.1 Å². The summed E-state index contributed by atoms with van der Waals surface area (Å²) in [6.07, 6.45) is 3.12. The maximum absolute atomic E-state index is 13.9. The molecular weight excluding hydrogens is 225 g/mol. The molecule has 0 spiro atoms. The highest BCUT2D eigenvalue weighted by Gasteiger charge is 2.37. The molecule has 0 aliphatic heterocycles. The van der Waals surface area contributed by atoms with Crippen LogP contribution >= 0.6 is 11.6 Å². The Morgan fingerprint density at radius 1 is 1.50 bits per heavy atom. The molecule has 88 valence electrons. The minimum Gasteiger partial charge on any atom is -0.317 e. The Hall–Kier alpha value is -0.600. The van der Waals surface area contributed by atoms with Crippen LogP contribution in [0.5, 0.6) is 0 Å². The molecule has 1 fully saturated rings. The first-order valence-electron chi connectivity index (χ1n) is 5.68. The Morgan fingerprint density at radius 3 is 2.81 bits per heavy atom. The molecule has 1 nitrogen and oxygen atoms in total. The van der Waals surface area contributed by atoms with E-state index in [2.05, 4.69) is 12.2 Å². The molecule has 0 aromatic heterocycles. The average molecular weight is 242 g/mol. The van der Waals surface area contributed by atoms with Crippen molar-refractivity contribution in [3.05, 3.63) is 34.6 Å². The molecule has 0 amide bonds. The van der Waals surface area contributed by atoms with Crippen LogP contribution in [0.3, 0.4) is 0 Å². The van der Waals surface area contributed by atoms with Crippen LogP contribution in [0.4, 0.5) is 4.39 Å². The second-order valence-corrected chi connectivity index (χ2v) is 5.35. The lowest BCUT2D eigenvalue weighted by atomic mass is 9.80. The minimum absolute atomic E-state index is 0.0532. The molecule has 0 saturated heterocycles. The summed E-state index contributed by atoms with van der Waals surface area (Å²) in [5.74, 6) is -0.174. The fourth-order valence-electron chi connectivity index (χ4n) is 2.71. The molecule has 1 N–H and O–H groups in total. The molecule has 1 aliphatic carbocycles. The molecule has 1 aromatic carbocycles. The zero-order valence-corrected chi connectivity index (χ0v) is 10.4. The summed E-state index contributed by atoms with van der Waals surface area (Å²) in [6.45, 7) is 2.14. The maximum Gasteiger partial charge on any atom is 0.128 e. The Kier molecular flexibility index (Phi) is 3.22. The maximum atomic E-state index is 13.9. The molecule has 2 unspecified atom stereocenters. The average Bonchev–Trinajstić information content (AvgIpc) is 2.61. The molecule has 2 atom stereocenters. The molecule has 0 radical (unpaired) electrons. The molecule has 1 saturated carbocycles. The summed E-state index contributed by atoms with van der Waals surface area (Å²) in [5.41, 5.74) is 0.747. The third kappa shape index (κ3) is 2.09. The van der Waals surface area contributed by atoms with Gasteiger partial charge in [-0.3, -0.25) is 0 Å². The first kappa shape index (κ1) is 11.9. The molecule has 0 bridgehead atoms. The normalized spacial score (nSPS) is 29.6. The van der Waals surface area contributed by atoms with E-state index in [0.717, 1.165) is 24.8 Å². The highest BCUT2D eigenvalue weighted by atomic mass is 35.5. The number of nitrogens with one attached hydrogen (secondary N) is 1. The summed E-state index contributed by atoms with van der Waals surface area (Å²) in [7, 11) is 1.97. The van der Waals surface area contributed by atoms with Crippen molar-refractivity contribution in [3.8, 4) is 0 Å². The standard InChI is InChI=1S/C13H17ClFN/c1-13(6-5-10(8-13)16-2)11-4-3-9(14)7-12(11)15/h3-4,7,10,16H,5-6,8H2,1-2H3. The van der Waals surface area contributed by atoms with E-state index in [1.165, 1.54) is 6.07 Å². The Balaban J connectivity index is 2.30. The molecule has 3 heteroatoms. The Morgan fingerprint density at radius 2 is 2.25 bits per heavy atom. The van der Waals surface area contributed by atoms with Gasteiger partial charge < -0.3 is 5.32 Å². The van der Waals surface area contributed by atoms with Crippen LogP contribution in [0.15, 0.2) is 18.2 Å². The topological polar surface area (TPSA) is 12.0 Å². The van der Waals surface area contributed by atoms with Gasteiger partial charge in [-0.2, -0.15) is 0 Å². The number of hydrogen-bond donors (Lipinski definition) is 1. The molecule has 0 heterocycles. The van der Waals surface area contributed by atoms with Crippen LogP contribution in [-0.4, -0.2) is 13.1 Å². The third-order valence-electron chi connectivity index (χ3n) is 3.73. The van der Waals surface area contributed by atoms with Gasteiger partial charge in [-0.25, -0.2) is 4.39 Å². The predicted octanol–water partition coefficient (Wildman–Crippen LogP) is 3.51. The van der Waals surface area contributed by atoms with Crippen molar-refractivity contribution < 1.29 is 4.39 Å². The molecular formula is C13H17ClFN. The summed E-state index contributed by atoms with van der Waals surface area (Å²) >= 11 is 5.77. The Labute approximate surface area is 101 Å². The third-order valence-corrected chi connectivity index (χ3v) is 3.97. The lowest BCUT2D eigenvalue weighted by molar-refractivity contribution is 0.441. The summed E-state index contributed by atoms with van der Waals surface area (Å²) in [5, 5.41) is 3.74. The zero-order chi connectivity index (χ0) is 11.8. The van der Waals surface area contributed by atoms with Crippen LogP contribution in [0, 0.1) is 5.82 Å². The molecule has 1 aliphatic rings. The Bertz CT molecular complexity index is 394. The van der Waals surface area contributed by atoms with Gasteiger partial charge in [-0.1, -0.05) is 24.6 Å². The van der Waals surface area contributed by atoms with Gasteiger partial charge in [-0.15, -0.1) is 0 Å². The fraction of sp³-hybridized carbons (Fsp3) is 0.538. The molecule has 16 heavy (non-hydrogen) atoms. The van der Waals surface area contributed by atoms with Gasteiger partial charge >= 0.3 is 0 Å². The highest BCUT2D eigenvalue weighted by Crippen LogP contribution is 2.42. The van der Waals surface area contributed by atoms with Crippen molar-refractivity contribution in [1.82, 2.24) is 5.32 Å². The second kappa shape index (κ2) is 4.34. The molecule has 1 aromatic rings.